The van der Waals surface area contributed by atoms with Gasteiger partial charge in [0, 0.05) is 13.2 Å². The van der Waals surface area contributed by atoms with E-state index >= 15 is 0 Å². The van der Waals surface area contributed by atoms with Crippen molar-refractivity contribution < 1.29 is 18.4 Å². The maximum Gasteiger partial charge on any atom is 0.330 e. The van der Waals surface area contributed by atoms with Crippen LogP contribution in [0.5, 0.6) is 0 Å². The highest BCUT2D eigenvalue weighted by Crippen LogP contribution is 2.07. The largest absolute Gasteiger partial charge is 0.457 e. The van der Waals surface area contributed by atoms with Crippen LogP contribution in [0.2, 0.25) is 0 Å². The normalized spacial score (nSPS) is 13.5. The van der Waals surface area contributed by atoms with Gasteiger partial charge >= 0.3 is 5.97 Å². The zero-order chi connectivity index (χ0) is 12.3. The van der Waals surface area contributed by atoms with E-state index in [1.807, 2.05) is 13.8 Å². The molecule has 0 amide bonds. The van der Waals surface area contributed by atoms with Crippen LogP contribution in [0.1, 0.15) is 20.3 Å². The third kappa shape index (κ3) is 9.86. The molecule has 0 bridgehead atoms. The summed E-state index contributed by atoms with van der Waals surface area (Å²) < 4.78 is 14.6. The van der Waals surface area contributed by atoms with Crippen LogP contribution >= 0.6 is 0 Å². The monoisotopic (exact) mass is 250 g/mol. The molecule has 2 unspecified atom stereocenters. The smallest absolute Gasteiger partial charge is 0.330 e. The molecule has 90 valence electrons. The molecule has 0 fully saturated rings. The van der Waals surface area contributed by atoms with Crippen molar-refractivity contribution in [1.29, 1.82) is 0 Å². The molecular formula is C9H22O4Si2. The van der Waals surface area contributed by atoms with Crippen LogP contribution in [0.3, 0.4) is 0 Å². The average Bonchev–Trinajstić information content (AvgIpc) is 2.25. The van der Waals surface area contributed by atoms with E-state index in [0.29, 0.717) is 10.5 Å². The Morgan fingerprint density at radius 3 is 2.27 bits per heavy atom. The quantitative estimate of drug-likeness (QED) is 0.360. The second-order valence-corrected chi connectivity index (χ2v) is 4.22. The van der Waals surface area contributed by atoms with Gasteiger partial charge in [0.2, 0.25) is 0 Å². The lowest BCUT2D eigenvalue weighted by molar-refractivity contribution is -0.147. The fraction of sp³-hybridized carbons (Fsp3) is 0.667. The molecule has 2 atom stereocenters. The van der Waals surface area contributed by atoms with E-state index in [-0.39, 0.29) is 18.2 Å². The Morgan fingerprint density at radius 1 is 1.53 bits per heavy atom. The van der Waals surface area contributed by atoms with Crippen LogP contribution in [0, 0.1) is 0 Å². The SMILES string of the molecule is C=CC(=O)OC(CC)C(C)O[SiH3].CO[SiH3]. The minimum absolute atomic E-state index is 0.00873. The molecule has 0 spiro atoms. The summed E-state index contributed by atoms with van der Waals surface area (Å²) in [6, 6.07) is 0. The summed E-state index contributed by atoms with van der Waals surface area (Å²) >= 11 is 0. The van der Waals surface area contributed by atoms with Crippen molar-refractivity contribution >= 4 is 26.9 Å². The topological polar surface area (TPSA) is 44.8 Å². The van der Waals surface area contributed by atoms with Gasteiger partial charge in [0.15, 0.2) is 0 Å². The highest BCUT2D eigenvalue weighted by atomic mass is 28.2. The van der Waals surface area contributed by atoms with Crippen molar-refractivity contribution in [2.75, 3.05) is 7.11 Å². The third-order valence-corrected chi connectivity index (χ3v) is 2.48. The molecule has 0 aliphatic rings. The first kappa shape index (κ1) is 17.0. The number of hydrogen-bond acceptors (Lipinski definition) is 4. The highest BCUT2D eigenvalue weighted by molar-refractivity contribution is 5.98. The predicted molar refractivity (Wildman–Crippen MR) is 67.8 cm³/mol. The molecular weight excluding hydrogens is 228 g/mol. The van der Waals surface area contributed by atoms with Gasteiger partial charge in [-0.05, 0) is 13.3 Å². The Balaban J connectivity index is 0. The summed E-state index contributed by atoms with van der Waals surface area (Å²) in [4.78, 5) is 10.8. The van der Waals surface area contributed by atoms with E-state index in [1.54, 1.807) is 7.11 Å². The Hall–Kier alpha value is -0.436. The standard InChI is InChI=1S/C8H16O3Si.CH6OSi/c1-4-7(6(3)11-12)10-8(9)5-2;1-2-3/h5-7H,2,4H2,1,3,12H3;1,3H3. The summed E-state index contributed by atoms with van der Waals surface area (Å²) in [5, 5.41) is 0. The molecule has 0 aromatic heterocycles. The van der Waals surface area contributed by atoms with Gasteiger partial charge in [-0.2, -0.15) is 0 Å². The molecule has 0 rings (SSSR count). The molecule has 15 heavy (non-hydrogen) atoms. The maximum atomic E-state index is 10.8. The van der Waals surface area contributed by atoms with Crippen molar-refractivity contribution in [2.45, 2.75) is 32.5 Å². The zero-order valence-electron chi connectivity index (χ0n) is 10.3. The van der Waals surface area contributed by atoms with Gasteiger partial charge in [-0.3, -0.25) is 0 Å². The molecule has 0 saturated heterocycles. The lowest BCUT2D eigenvalue weighted by atomic mass is 10.2. The summed E-state index contributed by atoms with van der Waals surface area (Å²) in [6.07, 6.45) is 1.78. The second kappa shape index (κ2) is 11.6. The van der Waals surface area contributed by atoms with Gasteiger partial charge in [0.1, 0.15) is 27.1 Å². The highest BCUT2D eigenvalue weighted by Gasteiger charge is 2.17. The molecule has 0 radical (unpaired) electrons. The van der Waals surface area contributed by atoms with E-state index in [4.69, 9.17) is 9.16 Å². The fourth-order valence-electron chi connectivity index (χ4n) is 0.860. The first-order valence-electron chi connectivity index (χ1n) is 4.83. The summed E-state index contributed by atoms with van der Waals surface area (Å²) in [5.41, 5.74) is 0. The average molecular weight is 250 g/mol. The Kier molecular flexibility index (Phi) is 13.2. The Bertz CT molecular complexity index is 175. The van der Waals surface area contributed by atoms with E-state index in [2.05, 4.69) is 11.0 Å². The number of carbonyl (C=O) groups is 1. The van der Waals surface area contributed by atoms with Gasteiger partial charge in [-0.1, -0.05) is 13.5 Å². The van der Waals surface area contributed by atoms with E-state index < -0.39 is 0 Å². The summed E-state index contributed by atoms with van der Waals surface area (Å²) in [5.74, 6) is -0.382. The number of ether oxygens (including phenoxy) is 1. The molecule has 0 aromatic carbocycles. The van der Waals surface area contributed by atoms with Crippen LogP contribution < -0.4 is 0 Å². The second-order valence-electron chi connectivity index (χ2n) is 2.94. The Morgan fingerprint density at radius 2 is 2.00 bits per heavy atom. The van der Waals surface area contributed by atoms with Crippen molar-refractivity contribution in [2.24, 2.45) is 0 Å². The first-order chi connectivity index (χ1) is 7.06. The third-order valence-electron chi connectivity index (χ3n) is 1.73. The van der Waals surface area contributed by atoms with Gasteiger partial charge in [0.25, 0.3) is 0 Å². The van der Waals surface area contributed by atoms with E-state index in [1.165, 1.54) is 6.08 Å². The molecule has 0 aliphatic carbocycles. The van der Waals surface area contributed by atoms with Gasteiger partial charge in [-0.25, -0.2) is 4.79 Å². The minimum Gasteiger partial charge on any atom is -0.457 e. The lowest BCUT2D eigenvalue weighted by Gasteiger charge is -2.21. The lowest BCUT2D eigenvalue weighted by Crippen LogP contribution is -2.29. The van der Waals surface area contributed by atoms with Crippen molar-refractivity contribution in [1.82, 2.24) is 0 Å². The predicted octanol–water partition coefficient (Wildman–Crippen LogP) is -0.907. The minimum atomic E-state index is -0.382. The van der Waals surface area contributed by atoms with Gasteiger partial charge < -0.3 is 13.6 Å². The molecule has 6 heteroatoms. The number of hydrogen-bond donors (Lipinski definition) is 0. The zero-order valence-corrected chi connectivity index (χ0v) is 14.3. The first-order valence-corrected chi connectivity index (χ1v) is 6.46. The van der Waals surface area contributed by atoms with Crippen molar-refractivity contribution in [3.8, 4) is 0 Å². The fourth-order valence-corrected chi connectivity index (χ4v) is 1.16. The van der Waals surface area contributed by atoms with E-state index in [0.717, 1.165) is 16.9 Å². The van der Waals surface area contributed by atoms with Gasteiger partial charge in [-0.15, -0.1) is 0 Å². The molecule has 0 N–H and O–H groups in total. The van der Waals surface area contributed by atoms with E-state index in [9.17, 15) is 4.79 Å². The van der Waals surface area contributed by atoms with Gasteiger partial charge in [0.05, 0.1) is 6.10 Å². The van der Waals surface area contributed by atoms with Crippen LogP contribution in [-0.4, -0.2) is 46.3 Å². The number of carbonyl (C=O) groups excluding carboxylic acids is 1. The number of rotatable bonds is 5. The molecule has 4 nitrogen and oxygen atoms in total. The van der Waals surface area contributed by atoms with Crippen LogP contribution in [0.4, 0.5) is 0 Å². The molecule has 0 aliphatic heterocycles. The van der Waals surface area contributed by atoms with Crippen molar-refractivity contribution in [3.63, 3.8) is 0 Å². The summed E-state index contributed by atoms with van der Waals surface area (Å²) in [7, 11) is 3.22. The van der Waals surface area contributed by atoms with Crippen LogP contribution in [0.25, 0.3) is 0 Å². The Labute approximate surface area is 98.1 Å². The molecule has 0 heterocycles. The molecule has 0 aromatic rings. The molecule has 0 saturated carbocycles. The number of esters is 1. The van der Waals surface area contributed by atoms with Crippen LogP contribution in [-0.2, 0) is 18.4 Å². The van der Waals surface area contributed by atoms with Crippen molar-refractivity contribution in [3.05, 3.63) is 12.7 Å². The van der Waals surface area contributed by atoms with Crippen LogP contribution in [0.15, 0.2) is 12.7 Å². The summed E-state index contributed by atoms with van der Waals surface area (Å²) in [6.45, 7) is 7.18. The maximum absolute atomic E-state index is 10.8.